The van der Waals surface area contributed by atoms with Crippen molar-refractivity contribution in [3.8, 4) is 0 Å². The van der Waals surface area contributed by atoms with Gasteiger partial charge in [0.1, 0.15) is 0 Å². The standard InChI is InChI=1S/C13H10N.C4H10N.C2H7Si.2CH3.Ti/c1-2-5-11-10(4-1)7-8-12(11)13-6-3-9-14-13;1-4(2,3)5;1-3-2;;;/h1-9,14H;5H,1-3H3;3H,1-2H3;2*1H3;/q;-1;;;;+1. The summed E-state index contributed by atoms with van der Waals surface area (Å²) in [5.41, 5.74) is 5.72. The Bertz CT molecular complexity index is 798. The molecular formula is C21H33N2SiTi. The molecule has 2 N–H and O–H groups in total. The number of fused-ring (bicyclic) bond motifs is 1. The molecule has 135 valence electrons. The molecule has 0 saturated carbocycles. The van der Waals surface area contributed by atoms with Gasteiger partial charge in [-0.1, -0.05) is 0 Å². The van der Waals surface area contributed by atoms with Gasteiger partial charge in [-0.3, -0.25) is 0 Å². The molecule has 2 nitrogen and oxygen atoms in total. The van der Waals surface area contributed by atoms with Crippen molar-refractivity contribution >= 4 is 12.2 Å². The zero-order chi connectivity index (χ0) is 18.5. The van der Waals surface area contributed by atoms with Crippen molar-refractivity contribution in [1.29, 1.82) is 0 Å². The van der Waals surface area contributed by atoms with E-state index in [1.165, 1.54) is 22.4 Å². The number of aromatic nitrogens is 1. The van der Waals surface area contributed by atoms with E-state index in [9.17, 15) is 0 Å². The summed E-state index contributed by atoms with van der Waals surface area (Å²) in [4.78, 5) is 3.43. The zero-order valence-electron chi connectivity index (χ0n) is 16.8. The van der Waals surface area contributed by atoms with Gasteiger partial charge >= 0.3 is 155 Å². The van der Waals surface area contributed by atoms with Crippen LogP contribution in [0.5, 0.6) is 0 Å². The van der Waals surface area contributed by atoms with Crippen molar-refractivity contribution in [1.82, 2.24) is 8.78 Å². The van der Waals surface area contributed by atoms with Crippen molar-refractivity contribution in [3.63, 3.8) is 0 Å². The van der Waals surface area contributed by atoms with E-state index in [4.69, 9.17) is 0 Å². The Hall–Kier alpha value is -0.869. The van der Waals surface area contributed by atoms with E-state index >= 15 is 0 Å². The van der Waals surface area contributed by atoms with E-state index in [1.54, 1.807) is 0 Å². The Kier molecular flexibility index (Phi) is 4.61. The van der Waals surface area contributed by atoms with E-state index < -0.39 is 21.5 Å². The third-order valence-corrected chi connectivity index (χ3v) is 34.7. The van der Waals surface area contributed by atoms with Crippen LogP contribution in [0.3, 0.4) is 0 Å². The SMILES string of the molecule is C[SiH](C)[Ti]([CH3])([CH3])([NH]C(C)(C)C)[CH]1C=C(c2ccc[nH]2)c2ccccc21. The fourth-order valence-corrected chi connectivity index (χ4v) is 20.1. The molecule has 0 amide bonds. The quantitative estimate of drug-likeness (QED) is 0.657. The van der Waals surface area contributed by atoms with Gasteiger partial charge in [0.25, 0.3) is 0 Å². The molecule has 25 heavy (non-hydrogen) atoms. The summed E-state index contributed by atoms with van der Waals surface area (Å²) in [5, 5.41) is 5.30. The van der Waals surface area contributed by atoms with Crippen LogP contribution in [0, 0.1) is 0 Å². The Balaban J connectivity index is 2.21. The molecule has 0 radical (unpaired) electrons. The van der Waals surface area contributed by atoms with Crippen molar-refractivity contribution in [3.05, 3.63) is 65.5 Å². The van der Waals surface area contributed by atoms with Gasteiger partial charge in [0.05, 0.1) is 0 Å². The van der Waals surface area contributed by atoms with Crippen LogP contribution in [0.15, 0.2) is 48.7 Å². The van der Waals surface area contributed by atoms with Gasteiger partial charge in [-0.15, -0.1) is 0 Å². The van der Waals surface area contributed by atoms with Crippen LogP contribution in [0.2, 0.25) is 23.6 Å². The summed E-state index contributed by atoms with van der Waals surface area (Å²) >= 11 is -2.97. The fraction of sp³-hybridized carbons (Fsp3) is 0.429. The van der Waals surface area contributed by atoms with Crippen LogP contribution in [0.25, 0.3) is 5.57 Å². The summed E-state index contributed by atoms with van der Waals surface area (Å²) < 4.78 is 4.81. The maximum atomic E-state index is 4.26. The van der Waals surface area contributed by atoms with Gasteiger partial charge in [0.2, 0.25) is 0 Å². The second-order valence-electron chi connectivity index (χ2n) is 9.87. The number of H-pyrrole nitrogens is 1. The number of aromatic amines is 1. The van der Waals surface area contributed by atoms with Crippen LogP contribution in [0.4, 0.5) is 0 Å². The molecule has 0 saturated heterocycles. The molecule has 1 aliphatic carbocycles. The summed E-state index contributed by atoms with van der Waals surface area (Å²) in [6, 6.07) is 13.3. The van der Waals surface area contributed by atoms with Gasteiger partial charge in [-0.25, -0.2) is 0 Å². The minimum atomic E-state index is -2.97. The first-order valence-corrected chi connectivity index (χ1v) is 19.9. The molecule has 1 aliphatic rings. The summed E-state index contributed by atoms with van der Waals surface area (Å²) in [5.74, 6) is 0. The summed E-state index contributed by atoms with van der Waals surface area (Å²) in [6.07, 6.45) is 4.61. The average Bonchev–Trinajstić information content (AvgIpc) is 3.12. The number of benzene rings is 1. The number of nitrogens with one attached hydrogen (secondary N) is 2. The van der Waals surface area contributed by atoms with Gasteiger partial charge < -0.3 is 0 Å². The van der Waals surface area contributed by atoms with Gasteiger partial charge in [0.15, 0.2) is 0 Å². The van der Waals surface area contributed by atoms with Crippen LogP contribution in [0.1, 0.15) is 41.8 Å². The normalized spacial score (nSPS) is 19.4. The van der Waals surface area contributed by atoms with E-state index in [1.807, 2.05) is 6.20 Å². The number of allylic oxidation sites excluding steroid dienone is 1. The second-order valence-corrected chi connectivity index (χ2v) is 34.4. The van der Waals surface area contributed by atoms with E-state index in [2.05, 4.69) is 95.6 Å². The Labute approximate surface area is 155 Å². The van der Waals surface area contributed by atoms with Crippen LogP contribution in [-0.2, 0) is 14.8 Å². The van der Waals surface area contributed by atoms with Crippen molar-refractivity contribution in [2.45, 2.75) is 54.1 Å². The topological polar surface area (TPSA) is 27.8 Å². The third kappa shape index (κ3) is 3.28. The molecule has 1 unspecified atom stereocenters. The zero-order valence-corrected chi connectivity index (χ0v) is 19.5. The molecule has 1 aromatic heterocycles. The Morgan fingerprint density at radius 1 is 1.04 bits per heavy atom. The first-order valence-electron chi connectivity index (χ1n) is 9.46. The maximum absolute atomic E-state index is 4.26. The summed E-state index contributed by atoms with van der Waals surface area (Å²) in [7, 11) is 0. The second kappa shape index (κ2) is 6.09. The third-order valence-electron chi connectivity index (χ3n) is 6.31. The molecule has 0 fully saturated rings. The van der Waals surface area contributed by atoms with Crippen molar-refractivity contribution in [2.24, 2.45) is 0 Å². The van der Waals surface area contributed by atoms with Crippen molar-refractivity contribution in [2.75, 3.05) is 0 Å². The minimum absolute atomic E-state index is 0.149. The van der Waals surface area contributed by atoms with E-state index in [0.29, 0.717) is 4.22 Å². The molecule has 2 aromatic rings. The monoisotopic (exact) mass is 389 g/mol. The van der Waals surface area contributed by atoms with Gasteiger partial charge in [-0.2, -0.15) is 0 Å². The van der Waals surface area contributed by atoms with Crippen LogP contribution < -0.4 is 3.80 Å². The van der Waals surface area contributed by atoms with Crippen LogP contribution in [-0.4, -0.2) is 17.2 Å². The molecule has 1 heterocycles. The molecule has 3 rings (SSSR count). The molecular weight excluding hydrogens is 356 g/mol. The summed E-state index contributed by atoms with van der Waals surface area (Å²) in [6.45, 7) is 11.2. The first kappa shape index (κ1) is 18.9. The van der Waals surface area contributed by atoms with Crippen molar-refractivity contribution < 1.29 is 14.8 Å². The predicted octanol–water partition coefficient (Wildman–Crippen LogP) is 5.57. The Morgan fingerprint density at radius 2 is 1.72 bits per heavy atom. The van der Waals surface area contributed by atoms with Crippen LogP contribution >= 0.6 is 0 Å². The molecule has 0 aliphatic heterocycles. The fourth-order valence-electron chi connectivity index (χ4n) is 4.59. The molecule has 1 atom stereocenters. The van der Waals surface area contributed by atoms with E-state index in [-0.39, 0.29) is 5.54 Å². The van der Waals surface area contributed by atoms with Gasteiger partial charge in [-0.05, 0) is 0 Å². The Morgan fingerprint density at radius 3 is 2.28 bits per heavy atom. The average molecular weight is 389 g/mol. The number of rotatable bonds is 4. The first-order chi connectivity index (χ1) is 11.5. The molecule has 1 aromatic carbocycles. The van der Waals surface area contributed by atoms with E-state index in [0.717, 1.165) is 0 Å². The molecule has 0 spiro atoms. The number of hydrogen-bond acceptors (Lipinski definition) is 1. The predicted molar refractivity (Wildman–Crippen MR) is 111 cm³/mol. The molecule has 0 bridgehead atoms. The molecule has 4 heteroatoms. The van der Waals surface area contributed by atoms with Gasteiger partial charge in [0, 0.05) is 0 Å². The number of hydrogen-bond donors (Lipinski definition) is 2.